The number of nitrogen functional groups attached to an aromatic ring is 1. The van der Waals surface area contributed by atoms with Crippen LogP contribution in [0.1, 0.15) is 0 Å². The van der Waals surface area contributed by atoms with Gasteiger partial charge >= 0.3 is 0 Å². The van der Waals surface area contributed by atoms with E-state index in [4.69, 9.17) is 10.5 Å². The Balaban J connectivity index is 2.21. The van der Waals surface area contributed by atoms with Crippen LogP contribution in [0.15, 0.2) is 11.2 Å². The van der Waals surface area contributed by atoms with E-state index < -0.39 is 0 Å². The molecule has 5 nitrogen and oxygen atoms in total. The number of rotatable bonds is 2. The van der Waals surface area contributed by atoms with E-state index in [9.17, 15) is 0 Å². The lowest BCUT2D eigenvalue weighted by molar-refractivity contribution is 0.0993. The first-order valence-electron chi connectivity index (χ1n) is 4.92. The van der Waals surface area contributed by atoms with E-state index in [1.54, 1.807) is 6.07 Å². The molecule has 1 aliphatic heterocycles. The van der Waals surface area contributed by atoms with Crippen molar-refractivity contribution in [2.24, 2.45) is 0 Å². The third-order valence-electron chi connectivity index (χ3n) is 2.27. The minimum Gasteiger partial charge on any atom is -0.383 e. The van der Waals surface area contributed by atoms with Crippen LogP contribution in [0.5, 0.6) is 0 Å². The van der Waals surface area contributed by atoms with Crippen molar-refractivity contribution in [1.82, 2.24) is 9.97 Å². The van der Waals surface area contributed by atoms with Crippen molar-refractivity contribution in [2.45, 2.75) is 10.6 Å². The highest BCUT2D eigenvalue weighted by Crippen LogP contribution is 2.21. The average molecular weight is 258 g/mol. The quantitative estimate of drug-likeness (QED) is 0.466. The largest absolute Gasteiger partial charge is 0.383 e. The zero-order valence-corrected chi connectivity index (χ0v) is 10.7. The van der Waals surface area contributed by atoms with Crippen LogP contribution in [-0.2, 0) is 4.74 Å². The third-order valence-corrected chi connectivity index (χ3v) is 3.13. The zero-order chi connectivity index (χ0) is 11.5. The number of hydrogen-bond acceptors (Lipinski definition) is 7. The molecule has 1 fully saturated rings. The van der Waals surface area contributed by atoms with Crippen LogP contribution < -0.4 is 10.6 Å². The SMILES string of the molecule is CSc1nc(N)cc(N2CCOC(S)C2)n1. The van der Waals surface area contributed by atoms with Crippen molar-refractivity contribution in [3.05, 3.63) is 6.07 Å². The van der Waals surface area contributed by atoms with Crippen molar-refractivity contribution >= 4 is 36.0 Å². The van der Waals surface area contributed by atoms with Gasteiger partial charge in [0.2, 0.25) is 0 Å². The van der Waals surface area contributed by atoms with E-state index in [1.165, 1.54) is 11.8 Å². The Kier molecular flexibility index (Phi) is 3.78. The molecule has 1 saturated heterocycles. The smallest absolute Gasteiger partial charge is 0.191 e. The number of thioether (sulfide) groups is 1. The second-order valence-electron chi connectivity index (χ2n) is 3.41. The molecule has 88 valence electrons. The van der Waals surface area contributed by atoms with Gasteiger partial charge in [0.1, 0.15) is 17.1 Å². The number of morpholine rings is 1. The Morgan fingerprint density at radius 3 is 3.12 bits per heavy atom. The lowest BCUT2D eigenvalue weighted by Gasteiger charge is -2.31. The minimum atomic E-state index is -0.0670. The first-order valence-corrected chi connectivity index (χ1v) is 6.66. The van der Waals surface area contributed by atoms with Crippen molar-refractivity contribution in [2.75, 3.05) is 36.6 Å². The number of nitrogens with two attached hydrogens (primary N) is 1. The van der Waals surface area contributed by atoms with Crippen LogP contribution in [0.25, 0.3) is 0 Å². The summed E-state index contributed by atoms with van der Waals surface area (Å²) in [5.74, 6) is 1.34. The summed E-state index contributed by atoms with van der Waals surface area (Å²) in [5.41, 5.74) is 5.67. The molecule has 16 heavy (non-hydrogen) atoms. The third kappa shape index (κ3) is 2.72. The maximum atomic E-state index is 5.73. The molecule has 0 bridgehead atoms. The first kappa shape index (κ1) is 11.8. The number of anilines is 2. The molecule has 0 aliphatic carbocycles. The molecule has 2 heterocycles. The van der Waals surface area contributed by atoms with Crippen LogP contribution in [-0.4, -0.2) is 41.4 Å². The fourth-order valence-electron chi connectivity index (χ4n) is 1.52. The van der Waals surface area contributed by atoms with E-state index in [2.05, 4.69) is 27.5 Å². The number of ether oxygens (including phenoxy) is 1. The highest BCUT2D eigenvalue weighted by atomic mass is 32.2. The van der Waals surface area contributed by atoms with Gasteiger partial charge in [-0.15, -0.1) is 12.6 Å². The Labute approximate surface area is 104 Å². The van der Waals surface area contributed by atoms with Crippen LogP contribution >= 0.6 is 24.4 Å². The molecule has 1 aliphatic rings. The van der Waals surface area contributed by atoms with Gasteiger partial charge in [0.25, 0.3) is 0 Å². The minimum absolute atomic E-state index is 0.0670. The predicted molar refractivity (Wildman–Crippen MR) is 69.2 cm³/mol. The highest BCUT2D eigenvalue weighted by Gasteiger charge is 2.19. The van der Waals surface area contributed by atoms with Crippen LogP contribution in [0.4, 0.5) is 11.6 Å². The van der Waals surface area contributed by atoms with Crippen LogP contribution in [0, 0.1) is 0 Å². The predicted octanol–water partition coefficient (Wildman–Crippen LogP) is 0.873. The monoisotopic (exact) mass is 258 g/mol. The van der Waals surface area contributed by atoms with Crippen molar-refractivity contribution in [1.29, 1.82) is 0 Å². The van der Waals surface area contributed by atoms with Crippen molar-refractivity contribution in [3.8, 4) is 0 Å². The van der Waals surface area contributed by atoms with Crippen molar-refractivity contribution < 1.29 is 4.74 Å². The maximum Gasteiger partial charge on any atom is 0.191 e. The number of nitrogens with zero attached hydrogens (tertiary/aromatic N) is 3. The Morgan fingerprint density at radius 1 is 1.62 bits per heavy atom. The van der Waals surface area contributed by atoms with Gasteiger partial charge in [0, 0.05) is 12.6 Å². The zero-order valence-electron chi connectivity index (χ0n) is 8.96. The second kappa shape index (κ2) is 5.11. The lowest BCUT2D eigenvalue weighted by atomic mass is 10.4. The van der Waals surface area contributed by atoms with Gasteiger partial charge in [0.05, 0.1) is 13.2 Å². The molecule has 0 radical (unpaired) electrons. The van der Waals surface area contributed by atoms with Gasteiger partial charge in [-0.3, -0.25) is 0 Å². The Bertz CT molecular complexity index is 377. The molecule has 2 N–H and O–H groups in total. The Morgan fingerprint density at radius 2 is 2.44 bits per heavy atom. The molecule has 1 aromatic heterocycles. The van der Waals surface area contributed by atoms with E-state index in [0.717, 1.165) is 12.4 Å². The normalized spacial score (nSPS) is 21.1. The van der Waals surface area contributed by atoms with Crippen LogP contribution in [0.3, 0.4) is 0 Å². The molecule has 7 heteroatoms. The summed E-state index contributed by atoms with van der Waals surface area (Å²) >= 11 is 5.78. The molecular formula is C9H14N4OS2. The number of aromatic nitrogens is 2. The summed E-state index contributed by atoms with van der Waals surface area (Å²) in [6.45, 7) is 2.18. The summed E-state index contributed by atoms with van der Waals surface area (Å²) in [6.07, 6.45) is 1.93. The second-order valence-corrected chi connectivity index (χ2v) is 4.76. The van der Waals surface area contributed by atoms with Crippen LogP contribution in [0.2, 0.25) is 0 Å². The van der Waals surface area contributed by atoms with E-state index in [0.29, 0.717) is 24.1 Å². The number of thiol groups is 1. The fraction of sp³-hybridized carbons (Fsp3) is 0.556. The summed E-state index contributed by atoms with van der Waals surface area (Å²) < 4.78 is 5.36. The molecule has 0 spiro atoms. The summed E-state index contributed by atoms with van der Waals surface area (Å²) in [4.78, 5) is 10.6. The molecular weight excluding hydrogens is 244 g/mol. The van der Waals surface area contributed by atoms with Gasteiger partial charge in [0.15, 0.2) is 5.16 Å². The summed E-state index contributed by atoms with van der Waals surface area (Å²) in [5, 5.41) is 0.692. The molecule has 1 unspecified atom stereocenters. The van der Waals surface area contributed by atoms with Crippen molar-refractivity contribution in [3.63, 3.8) is 0 Å². The molecule has 0 amide bonds. The lowest BCUT2D eigenvalue weighted by Crippen LogP contribution is -2.40. The van der Waals surface area contributed by atoms with Gasteiger partial charge < -0.3 is 15.4 Å². The molecule has 1 aromatic rings. The standard InChI is InChI=1S/C9H14N4OS2/c1-16-9-11-6(10)4-7(12-9)13-2-3-14-8(15)5-13/h4,8,15H,2-3,5H2,1H3,(H2,10,11,12). The molecule has 0 saturated carbocycles. The van der Waals surface area contributed by atoms with E-state index in [-0.39, 0.29) is 5.44 Å². The number of hydrogen-bond donors (Lipinski definition) is 2. The topological polar surface area (TPSA) is 64.3 Å². The van der Waals surface area contributed by atoms with Gasteiger partial charge in [-0.1, -0.05) is 11.8 Å². The Hall–Kier alpha value is -0.660. The van der Waals surface area contributed by atoms with Gasteiger partial charge in [-0.2, -0.15) is 0 Å². The maximum absolute atomic E-state index is 5.73. The van der Waals surface area contributed by atoms with E-state index >= 15 is 0 Å². The first-order chi connectivity index (χ1) is 7.69. The average Bonchev–Trinajstić information content (AvgIpc) is 2.28. The molecule has 1 atom stereocenters. The van der Waals surface area contributed by atoms with E-state index in [1.807, 2.05) is 6.26 Å². The summed E-state index contributed by atoms with van der Waals surface area (Å²) in [7, 11) is 0. The summed E-state index contributed by atoms with van der Waals surface area (Å²) in [6, 6.07) is 1.78. The van der Waals surface area contributed by atoms with Gasteiger partial charge in [-0.05, 0) is 6.26 Å². The highest BCUT2D eigenvalue weighted by molar-refractivity contribution is 7.98. The van der Waals surface area contributed by atoms with Gasteiger partial charge in [-0.25, -0.2) is 9.97 Å². The fourth-order valence-corrected chi connectivity index (χ4v) is 2.21. The molecule has 0 aromatic carbocycles. The molecule has 2 rings (SSSR count).